The molecule has 0 aromatic heterocycles. The van der Waals surface area contributed by atoms with Crippen molar-refractivity contribution in [2.24, 2.45) is 0 Å². The molecule has 2 N–H and O–H groups in total. The second-order valence-corrected chi connectivity index (χ2v) is 8.21. The molecule has 0 unspecified atom stereocenters. The van der Waals surface area contributed by atoms with Crippen LogP contribution in [0.25, 0.3) is 0 Å². The number of sulfonamides is 1. The van der Waals surface area contributed by atoms with Gasteiger partial charge in [0.2, 0.25) is 10.0 Å². The number of para-hydroxylation sites is 1. The van der Waals surface area contributed by atoms with E-state index < -0.39 is 10.0 Å². The molecule has 0 saturated heterocycles. The number of nitrogens with one attached hydrogen (secondary N) is 2. The van der Waals surface area contributed by atoms with Gasteiger partial charge < -0.3 is 15.0 Å². The lowest BCUT2D eigenvalue weighted by Gasteiger charge is -2.23. The largest absolute Gasteiger partial charge is 0.383 e. The van der Waals surface area contributed by atoms with Crippen molar-refractivity contribution in [1.82, 2.24) is 10.0 Å². The standard InChI is InChI=1S/C21H29N3O4S/c1-3-24(19-8-5-4-6-9-19)16-7-14-22-21(25)18-10-12-20(13-11-18)29(26,27)23-15-17-28-2/h4-6,8-13,23H,3,7,14-17H2,1-2H3,(H,22,25). The summed E-state index contributed by atoms with van der Waals surface area (Å²) >= 11 is 0. The topological polar surface area (TPSA) is 87.7 Å². The number of carbonyl (C=O) groups excluding carboxylic acids is 1. The fourth-order valence-electron chi connectivity index (χ4n) is 2.83. The number of rotatable bonds is 12. The summed E-state index contributed by atoms with van der Waals surface area (Å²) in [6.07, 6.45) is 0.810. The molecule has 0 atom stereocenters. The van der Waals surface area contributed by atoms with Gasteiger partial charge in [-0.2, -0.15) is 0 Å². The van der Waals surface area contributed by atoms with Gasteiger partial charge in [-0.05, 0) is 49.7 Å². The summed E-state index contributed by atoms with van der Waals surface area (Å²) in [4.78, 5) is 14.7. The van der Waals surface area contributed by atoms with E-state index in [1.165, 1.54) is 31.4 Å². The van der Waals surface area contributed by atoms with Gasteiger partial charge in [0, 0.05) is 44.5 Å². The number of benzene rings is 2. The van der Waals surface area contributed by atoms with Gasteiger partial charge >= 0.3 is 0 Å². The van der Waals surface area contributed by atoms with E-state index in [1.807, 2.05) is 18.2 Å². The van der Waals surface area contributed by atoms with Crippen LogP contribution in [-0.4, -0.2) is 54.2 Å². The molecule has 29 heavy (non-hydrogen) atoms. The number of nitrogens with zero attached hydrogens (tertiary/aromatic N) is 1. The molecule has 2 rings (SSSR count). The summed E-state index contributed by atoms with van der Waals surface area (Å²) < 4.78 is 31.5. The molecule has 0 aliphatic carbocycles. The first kappa shape index (κ1) is 22.9. The summed E-state index contributed by atoms with van der Waals surface area (Å²) in [6.45, 7) is 4.86. The second-order valence-electron chi connectivity index (χ2n) is 6.44. The van der Waals surface area contributed by atoms with Gasteiger partial charge in [-0.1, -0.05) is 18.2 Å². The molecule has 0 spiro atoms. The van der Waals surface area contributed by atoms with Crippen molar-refractivity contribution in [3.8, 4) is 0 Å². The Kier molecular flexibility index (Phi) is 9.11. The van der Waals surface area contributed by atoms with E-state index in [0.717, 1.165) is 25.2 Å². The Morgan fingerprint density at radius 2 is 1.72 bits per heavy atom. The van der Waals surface area contributed by atoms with Gasteiger partial charge in [0.05, 0.1) is 11.5 Å². The highest BCUT2D eigenvalue weighted by Gasteiger charge is 2.14. The van der Waals surface area contributed by atoms with Crippen LogP contribution in [0, 0.1) is 0 Å². The first-order valence-corrected chi connectivity index (χ1v) is 11.1. The van der Waals surface area contributed by atoms with E-state index >= 15 is 0 Å². The Balaban J connectivity index is 1.82. The Morgan fingerprint density at radius 3 is 2.34 bits per heavy atom. The monoisotopic (exact) mass is 419 g/mol. The van der Waals surface area contributed by atoms with Gasteiger partial charge in [-0.3, -0.25) is 4.79 Å². The van der Waals surface area contributed by atoms with Crippen molar-refractivity contribution in [1.29, 1.82) is 0 Å². The number of carbonyl (C=O) groups is 1. The zero-order chi connectivity index (χ0) is 21.1. The summed E-state index contributed by atoms with van der Waals surface area (Å²) in [5.41, 5.74) is 1.59. The van der Waals surface area contributed by atoms with Gasteiger partial charge in [-0.15, -0.1) is 0 Å². The summed E-state index contributed by atoms with van der Waals surface area (Å²) in [5, 5.41) is 2.88. The average Bonchev–Trinajstić information content (AvgIpc) is 2.74. The fraction of sp³-hybridized carbons (Fsp3) is 0.381. The molecule has 0 bridgehead atoms. The van der Waals surface area contributed by atoms with Crippen LogP contribution in [0.5, 0.6) is 0 Å². The summed E-state index contributed by atoms with van der Waals surface area (Å²) in [6, 6.07) is 16.0. The third kappa shape index (κ3) is 7.16. The van der Waals surface area contributed by atoms with Crippen molar-refractivity contribution in [3.05, 3.63) is 60.2 Å². The molecule has 8 heteroatoms. The second kappa shape index (κ2) is 11.5. The Hall–Kier alpha value is -2.42. The molecule has 2 aromatic carbocycles. The Morgan fingerprint density at radius 1 is 1.03 bits per heavy atom. The quantitative estimate of drug-likeness (QED) is 0.515. The van der Waals surface area contributed by atoms with E-state index in [0.29, 0.717) is 18.7 Å². The van der Waals surface area contributed by atoms with Gasteiger partial charge in [0.1, 0.15) is 0 Å². The normalized spacial score (nSPS) is 11.2. The van der Waals surface area contributed by atoms with Crippen LogP contribution in [0.1, 0.15) is 23.7 Å². The molecule has 1 amide bonds. The molecule has 0 radical (unpaired) electrons. The molecule has 0 aliphatic heterocycles. The van der Waals surface area contributed by atoms with Crippen molar-refractivity contribution >= 4 is 21.6 Å². The first-order chi connectivity index (χ1) is 14.0. The number of hydrogen-bond donors (Lipinski definition) is 2. The molecule has 7 nitrogen and oxygen atoms in total. The van der Waals surface area contributed by atoms with Gasteiger partial charge in [0.25, 0.3) is 5.91 Å². The van der Waals surface area contributed by atoms with Gasteiger partial charge in [-0.25, -0.2) is 13.1 Å². The molecule has 2 aromatic rings. The van der Waals surface area contributed by atoms with Crippen molar-refractivity contribution in [2.75, 3.05) is 44.8 Å². The molecule has 158 valence electrons. The van der Waals surface area contributed by atoms with Crippen LogP contribution in [0.4, 0.5) is 5.69 Å². The zero-order valence-electron chi connectivity index (χ0n) is 16.9. The lowest BCUT2D eigenvalue weighted by molar-refractivity contribution is 0.0953. The molecule has 0 saturated carbocycles. The highest BCUT2D eigenvalue weighted by Crippen LogP contribution is 2.13. The molecule has 0 fully saturated rings. The molecule has 0 heterocycles. The zero-order valence-corrected chi connectivity index (χ0v) is 17.7. The Labute approximate surface area is 173 Å². The number of amides is 1. The van der Waals surface area contributed by atoms with Crippen LogP contribution in [0.15, 0.2) is 59.5 Å². The van der Waals surface area contributed by atoms with E-state index in [4.69, 9.17) is 4.74 Å². The van der Waals surface area contributed by atoms with E-state index in [2.05, 4.69) is 34.0 Å². The van der Waals surface area contributed by atoms with Gasteiger partial charge in [0.15, 0.2) is 0 Å². The summed E-state index contributed by atoms with van der Waals surface area (Å²) in [5.74, 6) is -0.218. The predicted molar refractivity (Wildman–Crippen MR) is 115 cm³/mol. The van der Waals surface area contributed by atoms with Crippen LogP contribution in [0.3, 0.4) is 0 Å². The number of anilines is 1. The highest BCUT2D eigenvalue weighted by atomic mass is 32.2. The maximum atomic E-state index is 12.3. The number of methoxy groups -OCH3 is 1. The first-order valence-electron chi connectivity index (χ1n) is 9.64. The van der Waals surface area contributed by atoms with E-state index in [-0.39, 0.29) is 17.3 Å². The van der Waals surface area contributed by atoms with Crippen LogP contribution < -0.4 is 14.9 Å². The third-order valence-electron chi connectivity index (χ3n) is 4.42. The van der Waals surface area contributed by atoms with E-state index in [9.17, 15) is 13.2 Å². The van der Waals surface area contributed by atoms with E-state index in [1.54, 1.807) is 0 Å². The van der Waals surface area contributed by atoms with Crippen LogP contribution in [0.2, 0.25) is 0 Å². The van der Waals surface area contributed by atoms with Crippen molar-refractivity contribution in [3.63, 3.8) is 0 Å². The van der Waals surface area contributed by atoms with Crippen molar-refractivity contribution < 1.29 is 17.9 Å². The molecular formula is C21H29N3O4S. The minimum atomic E-state index is -3.60. The van der Waals surface area contributed by atoms with Crippen molar-refractivity contribution in [2.45, 2.75) is 18.2 Å². The smallest absolute Gasteiger partial charge is 0.251 e. The molecule has 0 aliphatic rings. The minimum Gasteiger partial charge on any atom is -0.383 e. The lowest BCUT2D eigenvalue weighted by atomic mass is 10.2. The number of ether oxygens (including phenoxy) is 1. The maximum absolute atomic E-state index is 12.3. The average molecular weight is 420 g/mol. The maximum Gasteiger partial charge on any atom is 0.251 e. The fourth-order valence-corrected chi connectivity index (χ4v) is 3.84. The minimum absolute atomic E-state index is 0.117. The summed E-state index contributed by atoms with van der Waals surface area (Å²) in [7, 11) is -2.10. The third-order valence-corrected chi connectivity index (χ3v) is 5.90. The predicted octanol–water partition coefficient (Wildman–Crippen LogP) is 2.26. The van der Waals surface area contributed by atoms with Crippen LogP contribution in [-0.2, 0) is 14.8 Å². The SMILES string of the molecule is CCN(CCCNC(=O)c1ccc(S(=O)(=O)NCCOC)cc1)c1ccccc1. The lowest BCUT2D eigenvalue weighted by Crippen LogP contribution is -2.30. The molecular weight excluding hydrogens is 390 g/mol. The van der Waals surface area contributed by atoms with Crippen LogP contribution >= 0.6 is 0 Å². The Bertz CT molecular complexity index is 855. The highest BCUT2D eigenvalue weighted by molar-refractivity contribution is 7.89. The number of hydrogen-bond acceptors (Lipinski definition) is 5.